The lowest BCUT2D eigenvalue weighted by Crippen LogP contribution is -2.25. The molecule has 0 aliphatic carbocycles. The molecule has 1 aromatic carbocycles. The number of amides is 2. The number of benzene rings is 1. The summed E-state index contributed by atoms with van der Waals surface area (Å²) in [6, 6.07) is 3.97. The van der Waals surface area contributed by atoms with Crippen molar-refractivity contribution in [3.63, 3.8) is 0 Å². The number of fused-ring (bicyclic) bond motifs is 1. The van der Waals surface area contributed by atoms with Crippen molar-refractivity contribution in [3.05, 3.63) is 59.8 Å². The third-order valence-corrected chi connectivity index (χ3v) is 4.89. The summed E-state index contributed by atoms with van der Waals surface area (Å²) in [6.45, 7) is 5.68. The minimum absolute atomic E-state index is 0.106. The molecule has 0 fully saturated rings. The predicted octanol–water partition coefficient (Wildman–Crippen LogP) is 2.27. The molecular formula is C17H15BrN4O5. The average molecular weight is 435 g/mol. The monoisotopic (exact) mass is 434 g/mol. The zero-order chi connectivity index (χ0) is 20.3. The second kappa shape index (κ2) is 6.02. The van der Waals surface area contributed by atoms with Crippen molar-refractivity contribution in [1.82, 2.24) is 9.88 Å². The second-order valence-corrected chi connectivity index (χ2v) is 7.96. The van der Waals surface area contributed by atoms with Crippen LogP contribution in [0.5, 0.6) is 0 Å². The number of carbonyl (C=O) groups excluding carboxylic acids is 2. The lowest BCUT2D eigenvalue weighted by molar-refractivity contribution is -0.384. The van der Waals surface area contributed by atoms with Crippen molar-refractivity contribution in [2.45, 2.75) is 26.2 Å². The number of rotatable bonds is 2. The number of hydrogen-bond donors (Lipinski definition) is 2. The molecule has 3 rings (SSSR count). The predicted molar refractivity (Wildman–Crippen MR) is 101 cm³/mol. The maximum atomic E-state index is 12.6. The number of nitrogen functional groups attached to an aromatic ring is 1. The number of anilines is 1. The first-order valence-electron chi connectivity index (χ1n) is 7.83. The van der Waals surface area contributed by atoms with Crippen LogP contribution in [0.1, 0.15) is 47.1 Å². The summed E-state index contributed by atoms with van der Waals surface area (Å²) in [4.78, 5) is 47.5. The highest BCUT2D eigenvalue weighted by atomic mass is 79.9. The Hall–Kier alpha value is -3.01. The first-order chi connectivity index (χ1) is 12.4. The Kier molecular flexibility index (Phi) is 4.18. The lowest BCUT2D eigenvalue weighted by Gasteiger charge is -2.21. The third-order valence-electron chi connectivity index (χ3n) is 4.28. The highest BCUT2D eigenvalue weighted by molar-refractivity contribution is 9.10. The van der Waals surface area contributed by atoms with Crippen LogP contribution in [0.25, 0.3) is 5.69 Å². The van der Waals surface area contributed by atoms with Gasteiger partial charge in [-0.05, 0) is 33.0 Å². The summed E-state index contributed by atoms with van der Waals surface area (Å²) in [5.74, 6) is -1.83. The number of nitrogens with zero attached hydrogens (tertiary/aromatic N) is 2. The first kappa shape index (κ1) is 18.8. The number of nitrogens with two attached hydrogens (primary N) is 1. The first-order valence-corrected chi connectivity index (χ1v) is 8.62. The topological polar surface area (TPSA) is 137 Å². The van der Waals surface area contributed by atoms with Gasteiger partial charge in [0.1, 0.15) is 11.5 Å². The van der Waals surface area contributed by atoms with Gasteiger partial charge in [0.2, 0.25) is 0 Å². The third kappa shape index (κ3) is 2.91. The van der Waals surface area contributed by atoms with Crippen LogP contribution in [-0.4, -0.2) is 21.3 Å². The average Bonchev–Trinajstić information content (AvgIpc) is 2.81. The van der Waals surface area contributed by atoms with Gasteiger partial charge in [-0.1, -0.05) is 20.8 Å². The number of nitro benzene ring substituents is 1. The van der Waals surface area contributed by atoms with Gasteiger partial charge in [-0.15, -0.1) is 0 Å². The van der Waals surface area contributed by atoms with Crippen LogP contribution >= 0.6 is 15.9 Å². The number of carbonyl (C=O) groups is 2. The Morgan fingerprint density at radius 3 is 2.33 bits per heavy atom. The van der Waals surface area contributed by atoms with Crippen LogP contribution in [0, 0.1) is 10.1 Å². The van der Waals surface area contributed by atoms with E-state index in [0.717, 1.165) is 10.6 Å². The summed E-state index contributed by atoms with van der Waals surface area (Å²) < 4.78 is 1.13. The second-order valence-electron chi connectivity index (χ2n) is 7.11. The van der Waals surface area contributed by atoms with E-state index in [-0.39, 0.29) is 38.2 Å². The molecule has 2 aromatic rings. The molecular weight excluding hydrogens is 420 g/mol. The standard InChI is InChI=1S/C17H15BrN4O5/c1-17(2,3)7-4-9(18)13(10(5-7)22(26)27)21-11(23)6-8-12(14(21)19)16(25)20-15(8)24/h4-6H,19H2,1-3H3,(H,20,24,25). The molecule has 0 bridgehead atoms. The SMILES string of the molecule is CC(C)(C)c1cc(Br)c(-n2c(N)c3c(cc2=O)C(=O)NC3=O)c([N+](=O)[O-])c1. The number of nitrogens with one attached hydrogen (secondary N) is 1. The van der Waals surface area contributed by atoms with E-state index in [1.165, 1.54) is 6.07 Å². The maximum absolute atomic E-state index is 12.6. The maximum Gasteiger partial charge on any atom is 0.294 e. The van der Waals surface area contributed by atoms with Crippen LogP contribution in [-0.2, 0) is 5.41 Å². The minimum atomic E-state index is -0.761. The number of nitro groups is 1. The Labute approximate surface area is 161 Å². The Morgan fingerprint density at radius 1 is 1.15 bits per heavy atom. The van der Waals surface area contributed by atoms with Gasteiger partial charge in [0.15, 0.2) is 0 Å². The van der Waals surface area contributed by atoms with E-state index < -0.39 is 22.3 Å². The Balaban J connectivity index is 2.41. The molecule has 27 heavy (non-hydrogen) atoms. The smallest absolute Gasteiger partial charge is 0.294 e. The van der Waals surface area contributed by atoms with E-state index in [1.54, 1.807) is 6.07 Å². The summed E-state index contributed by atoms with van der Waals surface area (Å²) >= 11 is 3.28. The van der Waals surface area contributed by atoms with Gasteiger partial charge in [0.25, 0.3) is 23.1 Å². The van der Waals surface area contributed by atoms with Crippen LogP contribution in [0.3, 0.4) is 0 Å². The summed E-state index contributed by atoms with van der Waals surface area (Å²) in [5, 5.41) is 13.7. The molecule has 0 spiro atoms. The van der Waals surface area contributed by atoms with E-state index in [9.17, 15) is 24.5 Å². The van der Waals surface area contributed by atoms with Gasteiger partial charge in [0.05, 0.1) is 16.1 Å². The van der Waals surface area contributed by atoms with Crippen molar-refractivity contribution in [3.8, 4) is 5.69 Å². The van der Waals surface area contributed by atoms with Crippen LogP contribution in [0.2, 0.25) is 0 Å². The molecule has 1 aliphatic heterocycles. The molecule has 0 unspecified atom stereocenters. The molecule has 1 aliphatic rings. The molecule has 0 saturated heterocycles. The van der Waals surface area contributed by atoms with Gasteiger partial charge in [-0.2, -0.15) is 0 Å². The van der Waals surface area contributed by atoms with Crippen molar-refractivity contribution in [2.24, 2.45) is 0 Å². The number of pyridine rings is 1. The van der Waals surface area contributed by atoms with E-state index in [4.69, 9.17) is 5.73 Å². The molecule has 1 aromatic heterocycles. The van der Waals surface area contributed by atoms with E-state index in [2.05, 4.69) is 21.2 Å². The summed E-state index contributed by atoms with van der Waals surface area (Å²) in [6.07, 6.45) is 0. The van der Waals surface area contributed by atoms with Crippen molar-refractivity contribution < 1.29 is 14.5 Å². The normalized spacial score (nSPS) is 13.5. The molecule has 2 amide bonds. The molecule has 0 atom stereocenters. The minimum Gasteiger partial charge on any atom is -0.384 e. The van der Waals surface area contributed by atoms with Crippen LogP contribution in [0.15, 0.2) is 27.5 Å². The van der Waals surface area contributed by atoms with E-state index >= 15 is 0 Å². The van der Waals surface area contributed by atoms with Crippen molar-refractivity contribution >= 4 is 39.2 Å². The largest absolute Gasteiger partial charge is 0.384 e. The van der Waals surface area contributed by atoms with Gasteiger partial charge < -0.3 is 5.73 Å². The lowest BCUT2D eigenvalue weighted by atomic mass is 9.86. The number of imide groups is 1. The highest BCUT2D eigenvalue weighted by Crippen LogP contribution is 2.37. The molecule has 2 heterocycles. The fourth-order valence-corrected chi connectivity index (χ4v) is 3.52. The summed E-state index contributed by atoms with van der Waals surface area (Å²) in [5.41, 5.74) is 4.73. The fraction of sp³-hybridized carbons (Fsp3) is 0.235. The fourth-order valence-electron chi connectivity index (χ4n) is 2.89. The van der Waals surface area contributed by atoms with E-state index in [0.29, 0.717) is 5.56 Å². The van der Waals surface area contributed by atoms with Gasteiger partial charge >= 0.3 is 0 Å². The van der Waals surface area contributed by atoms with Crippen molar-refractivity contribution in [2.75, 3.05) is 5.73 Å². The zero-order valence-electron chi connectivity index (χ0n) is 14.6. The molecule has 140 valence electrons. The van der Waals surface area contributed by atoms with Crippen molar-refractivity contribution in [1.29, 1.82) is 0 Å². The number of aromatic nitrogens is 1. The highest BCUT2D eigenvalue weighted by Gasteiger charge is 2.34. The Bertz CT molecular complexity index is 1100. The summed E-state index contributed by atoms with van der Waals surface area (Å²) in [7, 11) is 0. The molecule has 3 N–H and O–H groups in total. The van der Waals surface area contributed by atoms with E-state index in [1.807, 2.05) is 20.8 Å². The molecule has 9 nitrogen and oxygen atoms in total. The molecule has 10 heteroatoms. The molecule has 0 saturated carbocycles. The molecule has 0 radical (unpaired) electrons. The quantitative estimate of drug-likeness (QED) is 0.422. The number of halogens is 1. The van der Waals surface area contributed by atoms with Crippen LogP contribution < -0.4 is 16.6 Å². The Morgan fingerprint density at radius 2 is 1.78 bits per heavy atom. The van der Waals surface area contributed by atoms with Gasteiger partial charge in [-0.3, -0.25) is 34.4 Å². The van der Waals surface area contributed by atoms with Gasteiger partial charge in [0, 0.05) is 16.6 Å². The van der Waals surface area contributed by atoms with Gasteiger partial charge in [-0.25, -0.2) is 0 Å². The zero-order valence-corrected chi connectivity index (χ0v) is 16.2. The number of hydrogen-bond acceptors (Lipinski definition) is 6. The van der Waals surface area contributed by atoms with Crippen LogP contribution in [0.4, 0.5) is 11.5 Å².